The van der Waals surface area contributed by atoms with Gasteiger partial charge in [-0.1, -0.05) is 45.0 Å². The quantitative estimate of drug-likeness (QED) is 0.797. The zero-order valence-corrected chi connectivity index (χ0v) is 16.3. The fraction of sp³-hybridized carbons (Fsp3) is 0.636. The Kier molecular flexibility index (Phi) is 6.13. The first-order chi connectivity index (χ1) is 12.5. The van der Waals surface area contributed by atoms with Crippen LogP contribution in [0.1, 0.15) is 49.5 Å². The maximum Gasteiger partial charge on any atom is 0.225 e. The first-order valence-electron chi connectivity index (χ1n) is 10.1. The first kappa shape index (κ1) is 19.1. The Hall–Kier alpha value is -1.68. The number of carbonyl (C=O) groups is 2. The van der Waals surface area contributed by atoms with Gasteiger partial charge in [0.2, 0.25) is 5.91 Å². The minimum absolute atomic E-state index is 0.0516. The fourth-order valence-electron chi connectivity index (χ4n) is 4.03. The predicted octanol–water partition coefficient (Wildman–Crippen LogP) is 3.16. The molecule has 0 radical (unpaired) electrons. The van der Waals surface area contributed by atoms with E-state index < -0.39 is 0 Å². The number of nitrogens with one attached hydrogen (secondary N) is 1. The largest absolute Gasteiger partial charge is 0.342 e. The van der Waals surface area contributed by atoms with Crippen molar-refractivity contribution in [2.45, 2.75) is 40.0 Å². The van der Waals surface area contributed by atoms with Crippen LogP contribution in [0.5, 0.6) is 0 Å². The molecule has 3 rings (SSSR count). The lowest BCUT2D eigenvalue weighted by Gasteiger charge is -2.37. The van der Waals surface area contributed by atoms with E-state index in [9.17, 15) is 9.59 Å². The second kappa shape index (κ2) is 8.34. The van der Waals surface area contributed by atoms with Crippen LogP contribution in [0.2, 0.25) is 0 Å². The number of carbonyl (C=O) groups excluding carboxylic acids is 2. The normalized spacial score (nSPS) is 20.1. The molecule has 0 aromatic heterocycles. The predicted molar refractivity (Wildman–Crippen MR) is 104 cm³/mol. The van der Waals surface area contributed by atoms with Crippen LogP contribution in [0.25, 0.3) is 0 Å². The van der Waals surface area contributed by atoms with Crippen LogP contribution < -0.4 is 5.32 Å². The smallest absolute Gasteiger partial charge is 0.225 e. The molecular formula is C22H32N2O2. The van der Waals surface area contributed by atoms with Crippen molar-refractivity contribution < 1.29 is 9.59 Å². The van der Waals surface area contributed by atoms with Gasteiger partial charge in [-0.05, 0) is 49.8 Å². The molecule has 0 saturated carbocycles. The van der Waals surface area contributed by atoms with Gasteiger partial charge in [0.05, 0.1) is 0 Å². The van der Waals surface area contributed by atoms with Gasteiger partial charge in [-0.2, -0.15) is 0 Å². The SMILES string of the molecule is CC(C)Cc1ccc(C(=O)C2CCN(C(=O)C(C)C3CNC3)CC2)cc1. The highest BCUT2D eigenvalue weighted by Crippen LogP contribution is 2.25. The van der Waals surface area contributed by atoms with E-state index in [0.717, 1.165) is 37.9 Å². The van der Waals surface area contributed by atoms with E-state index in [2.05, 4.69) is 31.3 Å². The average Bonchev–Trinajstić information content (AvgIpc) is 2.59. The van der Waals surface area contributed by atoms with Gasteiger partial charge in [0.1, 0.15) is 0 Å². The zero-order chi connectivity index (χ0) is 18.7. The molecule has 2 saturated heterocycles. The molecule has 4 heteroatoms. The Balaban J connectivity index is 1.52. The molecule has 0 aliphatic carbocycles. The molecule has 1 unspecified atom stereocenters. The second-order valence-corrected chi connectivity index (χ2v) is 8.47. The number of benzene rings is 1. The number of likely N-dealkylation sites (tertiary alicyclic amines) is 1. The molecule has 2 fully saturated rings. The van der Waals surface area contributed by atoms with Crippen molar-refractivity contribution >= 4 is 11.7 Å². The number of Topliss-reactive ketones (excluding diaryl/α,β-unsaturated/α-hetero) is 1. The minimum atomic E-state index is 0.0516. The van der Waals surface area contributed by atoms with Gasteiger partial charge < -0.3 is 10.2 Å². The summed E-state index contributed by atoms with van der Waals surface area (Å²) in [5.74, 6) is 1.75. The average molecular weight is 357 g/mol. The summed E-state index contributed by atoms with van der Waals surface area (Å²) < 4.78 is 0. The summed E-state index contributed by atoms with van der Waals surface area (Å²) in [6.45, 7) is 9.79. The third-order valence-electron chi connectivity index (χ3n) is 5.97. The number of amides is 1. The highest BCUT2D eigenvalue weighted by molar-refractivity contribution is 5.98. The van der Waals surface area contributed by atoms with Crippen molar-refractivity contribution in [3.63, 3.8) is 0 Å². The van der Waals surface area contributed by atoms with Crippen LogP contribution >= 0.6 is 0 Å². The van der Waals surface area contributed by atoms with Crippen LogP contribution in [-0.4, -0.2) is 42.8 Å². The zero-order valence-electron chi connectivity index (χ0n) is 16.3. The fourth-order valence-corrected chi connectivity index (χ4v) is 4.03. The number of nitrogens with zero attached hydrogens (tertiary/aromatic N) is 1. The molecule has 2 aliphatic heterocycles. The van der Waals surface area contributed by atoms with Crippen molar-refractivity contribution in [2.24, 2.45) is 23.7 Å². The van der Waals surface area contributed by atoms with Gasteiger partial charge in [-0.25, -0.2) is 0 Å². The van der Waals surface area contributed by atoms with Crippen LogP contribution in [0.4, 0.5) is 0 Å². The van der Waals surface area contributed by atoms with Gasteiger partial charge in [0, 0.05) is 30.5 Å². The van der Waals surface area contributed by atoms with E-state index in [1.54, 1.807) is 0 Å². The summed E-state index contributed by atoms with van der Waals surface area (Å²) in [6.07, 6.45) is 2.62. The maximum absolute atomic E-state index is 12.8. The molecular weight excluding hydrogens is 324 g/mol. The Bertz CT molecular complexity index is 626. The molecule has 1 N–H and O–H groups in total. The summed E-state index contributed by atoms with van der Waals surface area (Å²) in [7, 11) is 0. The first-order valence-corrected chi connectivity index (χ1v) is 10.1. The maximum atomic E-state index is 12.8. The van der Waals surface area contributed by atoms with E-state index in [-0.39, 0.29) is 23.5 Å². The topological polar surface area (TPSA) is 49.4 Å². The van der Waals surface area contributed by atoms with Crippen LogP contribution in [0.3, 0.4) is 0 Å². The molecule has 142 valence electrons. The van der Waals surface area contributed by atoms with Crippen molar-refractivity contribution in [1.29, 1.82) is 0 Å². The van der Waals surface area contributed by atoms with Crippen molar-refractivity contribution in [2.75, 3.05) is 26.2 Å². The Morgan fingerprint density at radius 1 is 1.08 bits per heavy atom. The third kappa shape index (κ3) is 4.35. The summed E-state index contributed by atoms with van der Waals surface area (Å²) in [5, 5.41) is 3.24. The van der Waals surface area contributed by atoms with Crippen molar-refractivity contribution in [1.82, 2.24) is 10.2 Å². The van der Waals surface area contributed by atoms with E-state index >= 15 is 0 Å². The number of rotatable bonds is 6. The molecule has 1 atom stereocenters. The summed E-state index contributed by atoms with van der Waals surface area (Å²) in [6, 6.07) is 8.12. The number of ketones is 1. The lowest BCUT2D eigenvalue weighted by Crippen LogP contribution is -2.51. The molecule has 0 spiro atoms. The van der Waals surface area contributed by atoms with Gasteiger partial charge in [-0.15, -0.1) is 0 Å². The second-order valence-electron chi connectivity index (χ2n) is 8.47. The molecule has 0 bridgehead atoms. The Labute approximate surface area is 157 Å². The summed E-state index contributed by atoms with van der Waals surface area (Å²) in [4.78, 5) is 27.4. The molecule has 1 aromatic rings. The van der Waals surface area contributed by atoms with Crippen molar-refractivity contribution in [3.05, 3.63) is 35.4 Å². The van der Waals surface area contributed by atoms with Crippen LogP contribution in [0.15, 0.2) is 24.3 Å². The highest BCUT2D eigenvalue weighted by Gasteiger charge is 2.34. The molecule has 2 aliphatic rings. The number of hydrogen-bond acceptors (Lipinski definition) is 3. The van der Waals surface area contributed by atoms with Crippen LogP contribution in [-0.2, 0) is 11.2 Å². The Morgan fingerprint density at radius 3 is 2.19 bits per heavy atom. The van der Waals surface area contributed by atoms with Crippen LogP contribution in [0, 0.1) is 23.7 Å². The van der Waals surface area contributed by atoms with E-state index in [1.165, 1.54) is 5.56 Å². The molecule has 26 heavy (non-hydrogen) atoms. The lowest BCUT2D eigenvalue weighted by molar-refractivity contribution is -0.138. The Morgan fingerprint density at radius 2 is 1.69 bits per heavy atom. The van der Waals surface area contributed by atoms with Crippen molar-refractivity contribution in [3.8, 4) is 0 Å². The molecule has 2 heterocycles. The lowest BCUT2D eigenvalue weighted by atomic mass is 9.85. The van der Waals surface area contributed by atoms with Gasteiger partial charge in [0.25, 0.3) is 0 Å². The van der Waals surface area contributed by atoms with Gasteiger partial charge >= 0.3 is 0 Å². The van der Waals surface area contributed by atoms with Gasteiger partial charge in [-0.3, -0.25) is 9.59 Å². The summed E-state index contributed by atoms with van der Waals surface area (Å²) >= 11 is 0. The standard InChI is InChI=1S/C22H32N2O2/c1-15(2)12-17-4-6-18(7-5-17)21(25)19-8-10-24(11-9-19)22(26)16(3)20-13-23-14-20/h4-7,15-16,19-20,23H,8-14H2,1-3H3. The minimum Gasteiger partial charge on any atom is -0.342 e. The molecule has 1 amide bonds. The summed E-state index contributed by atoms with van der Waals surface area (Å²) in [5.41, 5.74) is 2.10. The number of piperidine rings is 1. The van der Waals surface area contributed by atoms with E-state index in [0.29, 0.717) is 24.9 Å². The highest BCUT2D eigenvalue weighted by atomic mass is 16.2. The number of hydrogen-bond donors (Lipinski definition) is 1. The van der Waals surface area contributed by atoms with E-state index in [1.807, 2.05) is 24.0 Å². The van der Waals surface area contributed by atoms with E-state index in [4.69, 9.17) is 0 Å². The monoisotopic (exact) mass is 356 g/mol. The third-order valence-corrected chi connectivity index (χ3v) is 5.97. The molecule has 1 aromatic carbocycles. The van der Waals surface area contributed by atoms with Gasteiger partial charge in [0.15, 0.2) is 5.78 Å². The molecule has 4 nitrogen and oxygen atoms in total.